The summed E-state index contributed by atoms with van der Waals surface area (Å²) in [7, 11) is 0. The number of carbonyl (C=O) groups excluding carboxylic acids is 1. The summed E-state index contributed by atoms with van der Waals surface area (Å²) < 4.78 is 0. The zero-order valence-electron chi connectivity index (χ0n) is 12.2. The maximum Gasteiger partial charge on any atom is 0.222 e. The molecule has 19 heavy (non-hydrogen) atoms. The highest BCUT2D eigenvalue weighted by Crippen LogP contribution is 2.32. The van der Waals surface area contributed by atoms with Gasteiger partial charge < -0.3 is 10.0 Å². The molecule has 2 aliphatic rings. The van der Waals surface area contributed by atoms with Gasteiger partial charge in [0.1, 0.15) is 0 Å². The number of carbonyl (C=O) groups is 1. The minimum atomic E-state index is 0.216. The van der Waals surface area contributed by atoms with Crippen molar-refractivity contribution < 1.29 is 9.90 Å². The second-order valence-electron chi connectivity index (χ2n) is 6.17. The molecule has 0 aromatic carbocycles. The standard InChI is InChI=1S/C15H28N2O2/c1-13-4-2-3-5-14(13)12-15(19)17-8-6-16(7-9-17)10-11-18/h13-14,18H,2-12H2,1H3/t13-,14-/m1/s1. The van der Waals surface area contributed by atoms with E-state index in [1.54, 1.807) is 0 Å². The molecular formula is C15H28N2O2. The van der Waals surface area contributed by atoms with Gasteiger partial charge in [-0.3, -0.25) is 9.69 Å². The number of aliphatic hydroxyl groups excluding tert-OH is 1. The topological polar surface area (TPSA) is 43.8 Å². The van der Waals surface area contributed by atoms with Crippen LogP contribution in [0.3, 0.4) is 0 Å². The van der Waals surface area contributed by atoms with Gasteiger partial charge in [-0.1, -0.05) is 26.2 Å². The van der Waals surface area contributed by atoms with Crippen molar-refractivity contribution in [1.29, 1.82) is 0 Å². The molecule has 2 rings (SSSR count). The summed E-state index contributed by atoms with van der Waals surface area (Å²) in [5.74, 6) is 1.67. The summed E-state index contributed by atoms with van der Waals surface area (Å²) >= 11 is 0. The Balaban J connectivity index is 1.74. The molecule has 1 heterocycles. The first-order valence-electron chi connectivity index (χ1n) is 7.81. The van der Waals surface area contributed by atoms with Gasteiger partial charge in [-0.15, -0.1) is 0 Å². The molecule has 0 unspecified atom stereocenters. The van der Waals surface area contributed by atoms with Crippen molar-refractivity contribution in [2.24, 2.45) is 11.8 Å². The Morgan fingerprint density at radius 2 is 1.84 bits per heavy atom. The van der Waals surface area contributed by atoms with Crippen molar-refractivity contribution in [2.75, 3.05) is 39.3 Å². The van der Waals surface area contributed by atoms with E-state index in [4.69, 9.17) is 5.11 Å². The Morgan fingerprint density at radius 3 is 2.47 bits per heavy atom. The summed E-state index contributed by atoms with van der Waals surface area (Å²) in [4.78, 5) is 16.6. The van der Waals surface area contributed by atoms with Crippen LogP contribution in [0.15, 0.2) is 0 Å². The number of amides is 1. The third kappa shape index (κ3) is 4.18. The Morgan fingerprint density at radius 1 is 1.16 bits per heavy atom. The Kier molecular flexibility index (Phi) is 5.64. The largest absolute Gasteiger partial charge is 0.395 e. The summed E-state index contributed by atoms with van der Waals surface area (Å²) in [6, 6.07) is 0. The number of hydrogen-bond acceptors (Lipinski definition) is 3. The van der Waals surface area contributed by atoms with Crippen molar-refractivity contribution in [3.05, 3.63) is 0 Å². The molecule has 0 spiro atoms. The second kappa shape index (κ2) is 7.25. The molecule has 2 fully saturated rings. The van der Waals surface area contributed by atoms with Crippen LogP contribution in [0.4, 0.5) is 0 Å². The van der Waals surface area contributed by atoms with E-state index in [1.165, 1.54) is 25.7 Å². The second-order valence-corrected chi connectivity index (χ2v) is 6.17. The zero-order valence-corrected chi connectivity index (χ0v) is 12.2. The molecule has 0 radical (unpaired) electrons. The molecule has 1 aliphatic heterocycles. The predicted octanol–water partition coefficient (Wildman–Crippen LogP) is 1.34. The van der Waals surface area contributed by atoms with Gasteiger partial charge in [-0.05, 0) is 18.3 Å². The van der Waals surface area contributed by atoms with Crippen molar-refractivity contribution in [3.63, 3.8) is 0 Å². The van der Waals surface area contributed by atoms with Gasteiger partial charge in [0.15, 0.2) is 0 Å². The quantitative estimate of drug-likeness (QED) is 0.837. The third-order valence-electron chi connectivity index (χ3n) is 4.87. The molecule has 1 N–H and O–H groups in total. The molecule has 2 atom stereocenters. The van der Waals surface area contributed by atoms with E-state index in [0.29, 0.717) is 17.7 Å². The van der Waals surface area contributed by atoms with Crippen LogP contribution in [-0.4, -0.2) is 60.1 Å². The predicted molar refractivity (Wildman–Crippen MR) is 75.8 cm³/mol. The molecule has 0 aromatic rings. The third-order valence-corrected chi connectivity index (χ3v) is 4.87. The van der Waals surface area contributed by atoms with E-state index in [9.17, 15) is 4.79 Å². The summed E-state index contributed by atoms with van der Waals surface area (Å²) in [5, 5.41) is 8.92. The normalized spacial score (nSPS) is 29.5. The molecular weight excluding hydrogens is 240 g/mol. The number of nitrogens with zero attached hydrogens (tertiary/aromatic N) is 2. The first kappa shape index (κ1) is 14.8. The fourth-order valence-corrected chi connectivity index (χ4v) is 3.41. The van der Waals surface area contributed by atoms with Gasteiger partial charge in [-0.25, -0.2) is 0 Å². The zero-order chi connectivity index (χ0) is 13.7. The molecule has 0 aromatic heterocycles. The first-order chi connectivity index (χ1) is 9.20. The molecule has 1 amide bonds. The monoisotopic (exact) mass is 268 g/mol. The molecule has 0 bridgehead atoms. The lowest BCUT2D eigenvalue weighted by Gasteiger charge is -2.36. The van der Waals surface area contributed by atoms with Gasteiger partial charge in [-0.2, -0.15) is 0 Å². The number of rotatable bonds is 4. The smallest absolute Gasteiger partial charge is 0.222 e. The van der Waals surface area contributed by atoms with E-state index in [1.807, 2.05) is 4.90 Å². The number of hydrogen-bond donors (Lipinski definition) is 1. The van der Waals surface area contributed by atoms with Crippen LogP contribution in [0.2, 0.25) is 0 Å². The van der Waals surface area contributed by atoms with E-state index >= 15 is 0 Å². The summed E-state index contributed by atoms with van der Waals surface area (Å²) in [6.07, 6.45) is 5.92. The molecule has 4 nitrogen and oxygen atoms in total. The van der Waals surface area contributed by atoms with Gasteiger partial charge in [0.05, 0.1) is 6.61 Å². The van der Waals surface area contributed by atoms with Crippen LogP contribution in [0.1, 0.15) is 39.0 Å². The van der Waals surface area contributed by atoms with E-state index in [2.05, 4.69) is 11.8 Å². The molecule has 4 heteroatoms. The Hall–Kier alpha value is -0.610. The molecule has 1 saturated carbocycles. The van der Waals surface area contributed by atoms with Crippen LogP contribution in [0.5, 0.6) is 0 Å². The average molecular weight is 268 g/mol. The van der Waals surface area contributed by atoms with Crippen LogP contribution >= 0.6 is 0 Å². The summed E-state index contributed by atoms with van der Waals surface area (Å²) in [6.45, 7) is 6.74. The van der Waals surface area contributed by atoms with Crippen molar-refractivity contribution in [3.8, 4) is 0 Å². The molecule has 1 saturated heterocycles. The lowest BCUT2D eigenvalue weighted by Crippen LogP contribution is -2.49. The first-order valence-corrected chi connectivity index (χ1v) is 7.81. The van der Waals surface area contributed by atoms with Gasteiger partial charge in [0.25, 0.3) is 0 Å². The highest BCUT2D eigenvalue weighted by Gasteiger charge is 2.27. The van der Waals surface area contributed by atoms with Crippen LogP contribution < -0.4 is 0 Å². The lowest BCUT2D eigenvalue weighted by atomic mass is 9.78. The Bertz CT molecular complexity index is 288. The van der Waals surface area contributed by atoms with E-state index in [-0.39, 0.29) is 6.61 Å². The van der Waals surface area contributed by atoms with Gasteiger partial charge in [0.2, 0.25) is 5.91 Å². The lowest BCUT2D eigenvalue weighted by molar-refractivity contribution is -0.134. The number of piperazine rings is 1. The van der Waals surface area contributed by atoms with Crippen molar-refractivity contribution in [2.45, 2.75) is 39.0 Å². The number of β-amino-alcohol motifs (C(OH)–C–C–N with tert-alkyl or cyclic N) is 1. The fourth-order valence-electron chi connectivity index (χ4n) is 3.41. The van der Waals surface area contributed by atoms with Crippen molar-refractivity contribution in [1.82, 2.24) is 9.80 Å². The minimum Gasteiger partial charge on any atom is -0.395 e. The van der Waals surface area contributed by atoms with E-state index < -0.39 is 0 Å². The maximum atomic E-state index is 12.3. The molecule has 1 aliphatic carbocycles. The minimum absolute atomic E-state index is 0.216. The SMILES string of the molecule is C[C@@H]1CCCC[C@@H]1CC(=O)N1CCN(CCO)CC1. The van der Waals surface area contributed by atoms with Crippen molar-refractivity contribution >= 4 is 5.91 Å². The highest BCUT2D eigenvalue weighted by molar-refractivity contribution is 5.76. The molecule has 110 valence electrons. The van der Waals surface area contributed by atoms with E-state index in [0.717, 1.165) is 39.1 Å². The average Bonchev–Trinajstić information content (AvgIpc) is 2.42. The van der Waals surface area contributed by atoms with Crippen LogP contribution in [-0.2, 0) is 4.79 Å². The maximum absolute atomic E-state index is 12.3. The van der Waals surface area contributed by atoms with Gasteiger partial charge in [0, 0.05) is 39.1 Å². The van der Waals surface area contributed by atoms with Gasteiger partial charge >= 0.3 is 0 Å². The number of aliphatic hydroxyl groups is 1. The van der Waals surface area contributed by atoms with Crippen LogP contribution in [0, 0.1) is 11.8 Å². The fraction of sp³-hybridized carbons (Fsp3) is 0.933. The van der Waals surface area contributed by atoms with Crippen LogP contribution in [0.25, 0.3) is 0 Å². The summed E-state index contributed by atoms with van der Waals surface area (Å²) in [5.41, 5.74) is 0. The Labute approximate surface area is 116 Å². The highest BCUT2D eigenvalue weighted by atomic mass is 16.3.